The summed E-state index contributed by atoms with van der Waals surface area (Å²) in [6, 6.07) is 5.17. The third-order valence-electron chi connectivity index (χ3n) is 5.97. The van der Waals surface area contributed by atoms with Crippen LogP contribution in [0.4, 0.5) is 4.79 Å². The maximum Gasteiger partial charge on any atom is 0.324 e. The van der Waals surface area contributed by atoms with E-state index in [4.69, 9.17) is 4.74 Å². The Morgan fingerprint density at radius 1 is 1.21 bits per heavy atom. The van der Waals surface area contributed by atoms with Crippen molar-refractivity contribution in [1.29, 1.82) is 0 Å². The zero-order valence-corrected chi connectivity index (χ0v) is 16.4. The van der Waals surface area contributed by atoms with Gasteiger partial charge < -0.3 is 20.5 Å². The molecule has 29 heavy (non-hydrogen) atoms. The smallest absolute Gasteiger partial charge is 0.324 e. The van der Waals surface area contributed by atoms with Crippen molar-refractivity contribution in [2.45, 2.75) is 51.0 Å². The second kappa shape index (κ2) is 8.19. The summed E-state index contributed by atoms with van der Waals surface area (Å²) in [5, 5.41) is 17.7. The van der Waals surface area contributed by atoms with E-state index < -0.39 is 11.9 Å². The largest absolute Gasteiger partial charge is 0.504 e. The lowest BCUT2D eigenvalue weighted by Gasteiger charge is -2.29. The van der Waals surface area contributed by atoms with Crippen LogP contribution in [-0.4, -0.2) is 23.7 Å². The molecule has 1 aromatic carbocycles. The Kier molecular flexibility index (Phi) is 5.47. The summed E-state index contributed by atoms with van der Waals surface area (Å²) in [6.45, 7) is 4.29. The fourth-order valence-corrected chi connectivity index (χ4v) is 4.43. The van der Waals surface area contributed by atoms with Gasteiger partial charge in [-0.25, -0.2) is 4.79 Å². The molecule has 0 aromatic heterocycles. The van der Waals surface area contributed by atoms with Crippen molar-refractivity contribution in [3.8, 4) is 5.75 Å². The maximum absolute atomic E-state index is 12.7. The molecule has 1 saturated carbocycles. The van der Waals surface area contributed by atoms with Crippen molar-refractivity contribution in [2.24, 2.45) is 5.92 Å². The second-order valence-corrected chi connectivity index (χ2v) is 7.98. The highest BCUT2D eigenvalue weighted by Crippen LogP contribution is 2.36. The summed E-state index contributed by atoms with van der Waals surface area (Å²) in [5.74, 6) is 0.649. The second-order valence-electron chi connectivity index (χ2n) is 7.98. The first-order chi connectivity index (χ1) is 14.0. The molecular weight excluding hydrogens is 370 g/mol. The van der Waals surface area contributed by atoms with Gasteiger partial charge in [-0.1, -0.05) is 31.6 Å². The standard InChI is InChI=1S/C22H27N3O4/c1-13-20(26)19(25-22(28)23-13)21(27)24-17-10-4-9-16-15(17)8-5-11-18(16)29-12-14-6-2-3-7-14/h5,8,11,14,17,26H,1-4,6-7,9-10,12H2,(H,24,27)(H2,23,25,28)/t17-/m1/s1. The first kappa shape index (κ1) is 19.4. The average molecular weight is 397 g/mol. The highest BCUT2D eigenvalue weighted by Gasteiger charge is 2.30. The molecule has 0 radical (unpaired) electrons. The predicted octanol–water partition coefficient (Wildman–Crippen LogP) is 3.35. The van der Waals surface area contributed by atoms with E-state index in [-0.39, 0.29) is 23.2 Å². The number of fused-ring (bicyclic) bond motifs is 1. The van der Waals surface area contributed by atoms with Gasteiger partial charge in [0.15, 0.2) is 11.5 Å². The number of carbonyl (C=O) groups excluding carboxylic acids is 2. The first-order valence-electron chi connectivity index (χ1n) is 10.3. The van der Waals surface area contributed by atoms with Crippen LogP contribution >= 0.6 is 0 Å². The van der Waals surface area contributed by atoms with Crippen molar-refractivity contribution in [1.82, 2.24) is 16.0 Å². The van der Waals surface area contributed by atoms with Gasteiger partial charge in [-0.05, 0) is 55.2 Å². The molecule has 7 heteroatoms. The molecule has 1 aromatic rings. The number of ether oxygens (including phenoxy) is 1. The number of urea groups is 1. The summed E-state index contributed by atoms with van der Waals surface area (Å²) >= 11 is 0. The molecular formula is C22H27N3O4. The highest BCUT2D eigenvalue weighted by molar-refractivity contribution is 6.00. The van der Waals surface area contributed by atoms with Gasteiger partial charge in [0.25, 0.3) is 5.91 Å². The molecule has 3 aliphatic rings. The maximum atomic E-state index is 12.7. The number of nitrogens with one attached hydrogen (secondary N) is 3. The normalized spacial score (nSPS) is 22.0. The molecule has 0 unspecified atom stereocenters. The number of aliphatic hydroxyl groups excluding tert-OH is 1. The zero-order valence-electron chi connectivity index (χ0n) is 16.4. The quantitative estimate of drug-likeness (QED) is 0.612. The van der Waals surface area contributed by atoms with E-state index >= 15 is 0 Å². The summed E-state index contributed by atoms with van der Waals surface area (Å²) in [4.78, 5) is 24.3. The van der Waals surface area contributed by atoms with Gasteiger partial charge in [-0.2, -0.15) is 0 Å². The molecule has 0 bridgehead atoms. The Balaban J connectivity index is 1.50. The van der Waals surface area contributed by atoms with Gasteiger partial charge in [0.1, 0.15) is 5.75 Å². The van der Waals surface area contributed by atoms with E-state index in [0.717, 1.165) is 42.7 Å². The molecule has 154 valence electrons. The lowest BCUT2D eigenvalue weighted by atomic mass is 9.87. The van der Waals surface area contributed by atoms with Gasteiger partial charge >= 0.3 is 6.03 Å². The van der Waals surface area contributed by atoms with E-state index in [0.29, 0.717) is 5.92 Å². The van der Waals surface area contributed by atoms with Crippen LogP contribution in [0, 0.1) is 5.92 Å². The topological polar surface area (TPSA) is 99.7 Å². The van der Waals surface area contributed by atoms with E-state index in [1.54, 1.807) is 0 Å². The Morgan fingerprint density at radius 3 is 2.79 bits per heavy atom. The molecule has 1 atom stereocenters. The number of aliphatic hydroxyl groups is 1. The summed E-state index contributed by atoms with van der Waals surface area (Å²) in [5.41, 5.74) is 2.00. The Morgan fingerprint density at radius 2 is 2.00 bits per heavy atom. The van der Waals surface area contributed by atoms with Crippen LogP contribution in [0.2, 0.25) is 0 Å². The molecule has 7 nitrogen and oxygen atoms in total. The van der Waals surface area contributed by atoms with Crippen LogP contribution in [0.3, 0.4) is 0 Å². The molecule has 2 aliphatic carbocycles. The van der Waals surface area contributed by atoms with Crippen molar-refractivity contribution < 1.29 is 19.4 Å². The van der Waals surface area contributed by atoms with Crippen LogP contribution in [-0.2, 0) is 11.2 Å². The number of hydrogen-bond donors (Lipinski definition) is 4. The Hall–Kier alpha value is -2.96. The third kappa shape index (κ3) is 4.09. The van der Waals surface area contributed by atoms with Crippen molar-refractivity contribution in [2.75, 3.05) is 6.61 Å². The number of carbonyl (C=O) groups is 2. The zero-order chi connectivity index (χ0) is 20.4. The van der Waals surface area contributed by atoms with E-state index in [1.165, 1.54) is 25.7 Å². The molecule has 1 heterocycles. The van der Waals surface area contributed by atoms with Crippen LogP contribution < -0.4 is 20.7 Å². The predicted molar refractivity (Wildman–Crippen MR) is 108 cm³/mol. The Labute approximate surface area is 170 Å². The van der Waals surface area contributed by atoms with Crippen LogP contribution in [0.5, 0.6) is 5.75 Å². The summed E-state index contributed by atoms with van der Waals surface area (Å²) in [6.07, 6.45) is 7.66. The number of benzene rings is 1. The van der Waals surface area contributed by atoms with Gasteiger partial charge in [-0.3, -0.25) is 10.1 Å². The van der Waals surface area contributed by atoms with Crippen molar-refractivity contribution >= 4 is 11.9 Å². The lowest BCUT2D eigenvalue weighted by molar-refractivity contribution is -0.118. The number of hydrogen-bond acceptors (Lipinski definition) is 4. The molecule has 1 fully saturated rings. The molecule has 4 rings (SSSR count). The van der Waals surface area contributed by atoms with Crippen LogP contribution in [0.25, 0.3) is 0 Å². The minimum atomic E-state index is -0.593. The van der Waals surface area contributed by atoms with Crippen LogP contribution in [0.15, 0.2) is 41.9 Å². The van der Waals surface area contributed by atoms with Crippen LogP contribution in [0.1, 0.15) is 55.7 Å². The lowest BCUT2D eigenvalue weighted by Crippen LogP contribution is -2.46. The SMILES string of the molecule is C=C1NC(=O)NC(C(=O)N[C@@H]2CCCc3c(OCC4CCCC4)cccc32)=C1O. The molecule has 0 spiro atoms. The third-order valence-corrected chi connectivity index (χ3v) is 5.97. The summed E-state index contributed by atoms with van der Waals surface area (Å²) < 4.78 is 6.16. The number of rotatable bonds is 5. The van der Waals surface area contributed by atoms with E-state index in [9.17, 15) is 14.7 Å². The van der Waals surface area contributed by atoms with Gasteiger partial charge in [0, 0.05) is 0 Å². The van der Waals surface area contributed by atoms with E-state index in [2.05, 4.69) is 22.5 Å². The van der Waals surface area contributed by atoms with Gasteiger partial charge in [0.05, 0.1) is 18.3 Å². The fraction of sp³-hybridized carbons (Fsp3) is 0.455. The fourth-order valence-electron chi connectivity index (χ4n) is 4.43. The summed E-state index contributed by atoms with van der Waals surface area (Å²) in [7, 11) is 0. The monoisotopic (exact) mass is 397 g/mol. The van der Waals surface area contributed by atoms with Gasteiger partial charge in [-0.15, -0.1) is 0 Å². The molecule has 3 amide bonds. The number of amides is 3. The minimum absolute atomic E-state index is 0.00513. The molecule has 0 saturated heterocycles. The molecule has 4 N–H and O–H groups in total. The molecule has 1 aliphatic heterocycles. The van der Waals surface area contributed by atoms with Gasteiger partial charge in [0.2, 0.25) is 0 Å². The van der Waals surface area contributed by atoms with Crippen molar-refractivity contribution in [3.05, 3.63) is 53.1 Å². The van der Waals surface area contributed by atoms with Crippen molar-refractivity contribution in [3.63, 3.8) is 0 Å². The minimum Gasteiger partial charge on any atom is -0.504 e. The Bertz CT molecular complexity index is 871. The highest BCUT2D eigenvalue weighted by atomic mass is 16.5. The average Bonchev–Trinajstić information content (AvgIpc) is 3.23. The van der Waals surface area contributed by atoms with E-state index in [1.807, 2.05) is 18.2 Å². The first-order valence-corrected chi connectivity index (χ1v) is 10.3.